The van der Waals surface area contributed by atoms with Gasteiger partial charge in [0.15, 0.2) is 0 Å². The fourth-order valence-corrected chi connectivity index (χ4v) is 2.98. The Morgan fingerprint density at radius 1 is 1.29 bits per heavy atom. The molecule has 3 N–H and O–H groups in total. The van der Waals surface area contributed by atoms with Crippen LogP contribution in [0.2, 0.25) is 0 Å². The van der Waals surface area contributed by atoms with E-state index in [1.807, 2.05) is 12.1 Å². The van der Waals surface area contributed by atoms with Crippen LogP contribution in [0.3, 0.4) is 0 Å². The minimum absolute atomic E-state index is 0.191. The van der Waals surface area contributed by atoms with Crippen LogP contribution < -0.4 is 11.1 Å². The molecule has 1 unspecified atom stereocenters. The zero-order valence-corrected chi connectivity index (χ0v) is 12.0. The van der Waals surface area contributed by atoms with Gasteiger partial charge >= 0.3 is 0 Å². The van der Waals surface area contributed by atoms with E-state index in [0.29, 0.717) is 6.54 Å². The van der Waals surface area contributed by atoms with E-state index in [0.717, 1.165) is 10.2 Å². The first-order valence-corrected chi connectivity index (χ1v) is 7.14. The fraction of sp³-hybridized carbons (Fsp3) is 0.231. The molecule has 4 heteroatoms. The molecule has 0 aliphatic heterocycles. The highest BCUT2D eigenvalue weighted by Gasteiger charge is 2.13. The highest BCUT2D eigenvalue weighted by Crippen LogP contribution is 2.27. The highest BCUT2D eigenvalue weighted by atomic mass is 79.9. The molecular formula is C13H15BrN2S. The Hall–Kier alpha value is -0.840. The lowest BCUT2D eigenvalue weighted by atomic mass is 10.1. The van der Waals surface area contributed by atoms with Crippen molar-refractivity contribution in [2.45, 2.75) is 13.0 Å². The van der Waals surface area contributed by atoms with Gasteiger partial charge in [-0.2, -0.15) is 0 Å². The van der Waals surface area contributed by atoms with E-state index in [1.54, 1.807) is 11.3 Å². The number of nitrogens with two attached hydrogens (primary N) is 1. The van der Waals surface area contributed by atoms with Crippen LogP contribution in [-0.4, -0.2) is 6.54 Å². The van der Waals surface area contributed by atoms with Crippen LogP contribution in [0.25, 0.3) is 0 Å². The summed E-state index contributed by atoms with van der Waals surface area (Å²) in [6, 6.07) is 10.5. The maximum Gasteiger partial charge on any atom is 0.0731 e. The number of hydrogen-bond donors (Lipinski definition) is 2. The van der Waals surface area contributed by atoms with Crippen molar-refractivity contribution in [2.24, 2.45) is 5.73 Å². The summed E-state index contributed by atoms with van der Waals surface area (Å²) in [6.07, 6.45) is 0. The van der Waals surface area contributed by atoms with Crippen LogP contribution in [0.5, 0.6) is 0 Å². The molecule has 0 fully saturated rings. The molecule has 2 rings (SSSR count). The van der Waals surface area contributed by atoms with Crippen molar-refractivity contribution in [3.63, 3.8) is 0 Å². The van der Waals surface area contributed by atoms with Crippen molar-refractivity contribution < 1.29 is 0 Å². The first kappa shape index (κ1) is 12.6. The molecule has 0 spiro atoms. The molecule has 1 atom stereocenters. The van der Waals surface area contributed by atoms with Crippen molar-refractivity contribution in [1.82, 2.24) is 0 Å². The minimum atomic E-state index is 0.191. The number of benzene rings is 1. The molecule has 0 aliphatic rings. The summed E-state index contributed by atoms with van der Waals surface area (Å²) in [5.74, 6) is 0. The van der Waals surface area contributed by atoms with Crippen LogP contribution in [0.1, 0.15) is 16.5 Å². The Labute approximate surface area is 114 Å². The molecule has 1 aromatic carbocycles. The molecule has 0 saturated carbocycles. The third-order valence-electron chi connectivity index (χ3n) is 2.64. The molecule has 90 valence electrons. The molecule has 1 heterocycles. The number of thiophene rings is 1. The third kappa shape index (κ3) is 3.09. The lowest BCUT2D eigenvalue weighted by Crippen LogP contribution is -2.20. The van der Waals surface area contributed by atoms with E-state index in [9.17, 15) is 0 Å². The molecule has 17 heavy (non-hydrogen) atoms. The minimum Gasteiger partial charge on any atom is -0.376 e. The normalized spacial score (nSPS) is 12.4. The van der Waals surface area contributed by atoms with E-state index < -0.39 is 0 Å². The SMILES string of the molecule is Cc1ccsc1C(CN)Nc1ccc(Br)cc1. The number of hydrogen-bond acceptors (Lipinski definition) is 3. The number of nitrogens with one attached hydrogen (secondary N) is 1. The predicted molar refractivity (Wildman–Crippen MR) is 78.6 cm³/mol. The van der Waals surface area contributed by atoms with Gasteiger partial charge in [-0.3, -0.25) is 0 Å². The van der Waals surface area contributed by atoms with Crippen LogP contribution in [0.4, 0.5) is 5.69 Å². The van der Waals surface area contributed by atoms with Crippen molar-refractivity contribution >= 4 is 33.0 Å². The summed E-state index contributed by atoms with van der Waals surface area (Å²) in [5.41, 5.74) is 8.24. The van der Waals surface area contributed by atoms with Gasteiger partial charge < -0.3 is 11.1 Å². The molecule has 2 aromatic rings. The van der Waals surface area contributed by atoms with Gasteiger partial charge in [0.25, 0.3) is 0 Å². The smallest absolute Gasteiger partial charge is 0.0731 e. The highest BCUT2D eigenvalue weighted by molar-refractivity contribution is 9.10. The predicted octanol–water partition coefficient (Wildman–Crippen LogP) is 3.93. The molecular weight excluding hydrogens is 296 g/mol. The summed E-state index contributed by atoms with van der Waals surface area (Å²) in [4.78, 5) is 1.32. The number of anilines is 1. The van der Waals surface area contributed by atoms with Crippen molar-refractivity contribution in [3.8, 4) is 0 Å². The first-order chi connectivity index (χ1) is 8.20. The van der Waals surface area contributed by atoms with E-state index in [2.05, 4.69) is 51.7 Å². The van der Waals surface area contributed by atoms with Gasteiger partial charge in [-0.25, -0.2) is 0 Å². The maximum absolute atomic E-state index is 5.85. The Kier molecular flexibility index (Phi) is 4.20. The topological polar surface area (TPSA) is 38.0 Å². The standard InChI is InChI=1S/C13H15BrN2S/c1-9-6-7-17-13(9)12(8-15)16-11-4-2-10(14)3-5-11/h2-7,12,16H,8,15H2,1H3. The molecule has 0 bridgehead atoms. The van der Waals surface area contributed by atoms with E-state index >= 15 is 0 Å². The molecule has 1 aromatic heterocycles. The van der Waals surface area contributed by atoms with Gasteiger partial charge in [0, 0.05) is 21.6 Å². The Balaban J connectivity index is 2.16. The second-order valence-electron chi connectivity index (χ2n) is 3.91. The van der Waals surface area contributed by atoms with Crippen LogP contribution >= 0.6 is 27.3 Å². The number of halogens is 1. The first-order valence-electron chi connectivity index (χ1n) is 5.47. The average Bonchev–Trinajstić information content (AvgIpc) is 2.75. The number of rotatable bonds is 4. The largest absolute Gasteiger partial charge is 0.376 e. The van der Waals surface area contributed by atoms with Gasteiger partial charge in [0.2, 0.25) is 0 Å². The van der Waals surface area contributed by atoms with Crippen molar-refractivity contribution in [3.05, 3.63) is 50.6 Å². The van der Waals surface area contributed by atoms with Crippen LogP contribution in [0.15, 0.2) is 40.2 Å². The monoisotopic (exact) mass is 310 g/mol. The number of aryl methyl sites for hydroxylation is 1. The van der Waals surface area contributed by atoms with Crippen molar-refractivity contribution in [2.75, 3.05) is 11.9 Å². The summed E-state index contributed by atoms with van der Waals surface area (Å²) in [5, 5.41) is 5.57. The quantitative estimate of drug-likeness (QED) is 0.898. The maximum atomic E-state index is 5.85. The fourth-order valence-electron chi connectivity index (χ4n) is 1.72. The molecule has 2 nitrogen and oxygen atoms in total. The Morgan fingerprint density at radius 2 is 2.00 bits per heavy atom. The lowest BCUT2D eigenvalue weighted by Gasteiger charge is -2.18. The lowest BCUT2D eigenvalue weighted by molar-refractivity contribution is 0.800. The van der Waals surface area contributed by atoms with Gasteiger partial charge in [-0.15, -0.1) is 11.3 Å². The third-order valence-corrected chi connectivity index (χ3v) is 4.30. The van der Waals surface area contributed by atoms with Crippen LogP contribution in [0, 0.1) is 6.92 Å². The zero-order chi connectivity index (χ0) is 12.3. The summed E-state index contributed by atoms with van der Waals surface area (Å²) in [6.45, 7) is 2.72. The Morgan fingerprint density at radius 3 is 2.53 bits per heavy atom. The second kappa shape index (κ2) is 5.67. The van der Waals surface area contributed by atoms with Gasteiger partial charge in [0.05, 0.1) is 6.04 Å². The van der Waals surface area contributed by atoms with E-state index in [4.69, 9.17) is 5.73 Å². The molecule has 0 aliphatic carbocycles. The van der Waals surface area contributed by atoms with E-state index in [-0.39, 0.29) is 6.04 Å². The summed E-state index contributed by atoms with van der Waals surface area (Å²) >= 11 is 5.18. The average molecular weight is 311 g/mol. The zero-order valence-electron chi connectivity index (χ0n) is 9.61. The molecule has 0 saturated heterocycles. The second-order valence-corrected chi connectivity index (χ2v) is 5.77. The van der Waals surface area contributed by atoms with E-state index in [1.165, 1.54) is 10.4 Å². The van der Waals surface area contributed by atoms with Gasteiger partial charge in [0.1, 0.15) is 0 Å². The van der Waals surface area contributed by atoms with Crippen LogP contribution in [-0.2, 0) is 0 Å². The summed E-state index contributed by atoms with van der Waals surface area (Å²) < 4.78 is 1.08. The Bertz CT molecular complexity index is 478. The van der Waals surface area contributed by atoms with Gasteiger partial charge in [-0.05, 0) is 48.2 Å². The van der Waals surface area contributed by atoms with Gasteiger partial charge in [-0.1, -0.05) is 15.9 Å². The van der Waals surface area contributed by atoms with Crippen molar-refractivity contribution in [1.29, 1.82) is 0 Å². The molecule has 0 amide bonds. The molecule has 0 radical (unpaired) electrons. The summed E-state index contributed by atoms with van der Waals surface area (Å²) in [7, 11) is 0.